The van der Waals surface area contributed by atoms with Crippen LogP contribution in [0.15, 0.2) is 17.0 Å². The van der Waals surface area contributed by atoms with E-state index in [0.29, 0.717) is 10.5 Å². The molecule has 0 bridgehead atoms. The van der Waals surface area contributed by atoms with Crippen molar-refractivity contribution in [1.82, 2.24) is 0 Å². The van der Waals surface area contributed by atoms with Crippen molar-refractivity contribution < 1.29 is 5.11 Å². The van der Waals surface area contributed by atoms with E-state index < -0.39 is 0 Å². The molecule has 1 unspecified atom stereocenters. The molecule has 0 spiro atoms. The van der Waals surface area contributed by atoms with Gasteiger partial charge in [0.2, 0.25) is 0 Å². The van der Waals surface area contributed by atoms with Crippen molar-refractivity contribution in [1.29, 1.82) is 0 Å². The lowest BCUT2D eigenvalue weighted by molar-refractivity contribution is 0.467. The molecule has 0 saturated heterocycles. The van der Waals surface area contributed by atoms with Crippen LogP contribution in [0.5, 0.6) is 5.75 Å². The van der Waals surface area contributed by atoms with E-state index in [4.69, 9.17) is 0 Å². The highest BCUT2D eigenvalue weighted by molar-refractivity contribution is 8.00. The van der Waals surface area contributed by atoms with Gasteiger partial charge in [0.1, 0.15) is 5.75 Å². The van der Waals surface area contributed by atoms with Crippen LogP contribution in [-0.2, 0) is 6.42 Å². The maximum Gasteiger partial charge on any atom is 0.118 e. The number of rotatable bonds is 1. The Balaban J connectivity index is 2.40. The zero-order valence-electron chi connectivity index (χ0n) is 9.63. The summed E-state index contributed by atoms with van der Waals surface area (Å²) in [4.78, 5) is 1.36. The fourth-order valence-electron chi connectivity index (χ4n) is 2.08. The third-order valence-electron chi connectivity index (χ3n) is 3.53. The fraction of sp³-hybridized carbons (Fsp3) is 0.538. The second-order valence-electron chi connectivity index (χ2n) is 4.59. The molecular weight excluding hydrogens is 204 g/mol. The van der Waals surface area contributed by atoms with Crippen LogP contribution in [0.4, 0.5) is 0 Å². The van der Waals surface area contributed by atoms with Crippen molar-refractivity contribution in [2.45, 2.75) is 49.7 Å². The third kappa shape index (κ3) is 1.87. The summed E-state index contributed by atoms with van der Waals surface area (Å²) in [6, 6.07) is 3.89. The largest absolute Gasteiger partial charge is 0.508 e. The highest BCUT2D eigenvalue weighted by atomic mass is 32.2. The first-order chi connectivity index (χ1) is 7.06. The number of fused-ring (bicyclic) bond motifs is 1. The van der Waals surface area contributed by atoms with E-state index in [1.54, 1.807) is 0 Å². The van der Waals surface area contributed by atoms with Crippen molar-refractivity contribution in [2.24, 2.45) is 0 Å². The topological polar surface area (TPSA) is 20.2 Å². The minimum absolute atomic E-state index is 0.385. The number of phenolic OH excluding ortho intramolecular Hbond substituents is 1. The highest BCUT2D eigenvalue weighted by Gasteiger charge is 2.29. The van der Waals surface area contributed by atoms with Crippen LogP contribution in [0.1, 0.15) is 37.8 Å². The summed E-state index contributed by atoms with van der Waals surface area (Å²) in [6.07, 6.45) is 3.52. The molecule has 0 aliphatic carbocycles. The van der Waals surface area contributed by atoms with E-state index in [1.807, 2.05) is 24.8 Å². The van der Waals surface area contributed by atoms with Crippen molar-refractivity contribution in [2.75, 3.05) is 0 Å². The maximum atomic E-state index is 9.65. The van der Waals surface area contributed by atoms with Crippen LogP contribution >= 0.6 is 11.8 Å². The Morgan fingerprint density at radius 1 is 1.47 bits per heavy atom. The molecule has 2 rings (SSSR count). The van der Waals surface area contributed by atoms with E-state index in [1.165, 1.54) is 23.3 Å². The Kier molecular flexibility index (Phi) is 2.72. The molecule has 0 amide bonds. The molecule has 1 atom stereocenters. The van der Waals surface area contributed by atoms with Gasteiger partial charge in [0.15, 0.2) is 0 Å². The summed E-state index contributed by atoms with van der Waals surface area (Å²) in [7, 11) is 0. The highest BCUT2D eigenvalue weighted by Crippen LogP contribution is 2.46. The van der Waals surface area contributed by atoms with Crippen molar-refractivity contribution in [3.8, 4) is 5.75 Å². The van der Waals surface area contributed by atoms with Crippen LogP contribution in [0.3, 0.4) is 0 Å². The molecule has 1 aliphatic rings. The average molecular weight is 222 g/mol. The molecule has 2 heteroatoms. The van der Waals surface area contributed by atoms with Crippen LogP contribution in [0.25, 0.3) is 0 Å². The number of benzene rings is 1. The Morgan fingerprint density at radius 2 is 2.20 bits per heavy atom. The normalized spacial score (nSPS) is 25.0. The molecule has 1 aromatic rings. The second kappa shape index (κ2) is 3.75. The number of hydrogen-bond donors (Lipinski definition) is 1. The smallest absolute Gasteiger partial charge is 0.118 e. The third-order valence-corrected chi connectivity index (χ3v) is 5.12. The molecular formula is C13H18OS. The SMILES string of the molecule is CCC1(C)CCc2c(ccc(O)c2C)S1. The summed E-state index contributed by atoms with van der Waals surface area (Å²) in [5, 5.41) is 9.65. The Hall–Kier alpha value is -0.630. The van der Waals surface area contributed by atoms with Crippen LogP contribution < -0.4 is 0 Å². The molecule has 0 fully saturated rings. The zero-order valence-corrected chi connectivity index (χ0v) is 10.4. The Bertz CT molecular complexity index is 386. The monoisotopic (exact) mass is 222 g/mol. The minimum Gasteiger partial charge on any atom is -0.508 e. The maximum absolute atomic E-state index is 9.65. The van der Waals surface area contributed by atoms with Gasteiger partial charge in [-0.3, -0.25) is 0 Å². The number of hydrogen-bond acceptors (Lipinski definition) is 2. The van der Waals surface area contributed by atoms with Gasteiger partial charge >= 0.3 is 0 Å². The Labute approximate surface area is 95.9 Å². The van der Waals surface area contributed by atoms with E-state index >= 15 is 0 Å². The molecule has 15 heavy (non-hydrogen) atoms. The zero-order chi connectivity index (χ0) is 11.1. The first-order valence-corrected chi connectivity index (χ1v) is 6.38. The van der Waals surface area contributed by atoms with Crippen LogP contribution in [-0.4, -0.2) is 9.85 Å². The molecule has 1 aromatic carbocycles. The van der Waals surface area contributed by atoms with Gasteiger partial charge in [-0.1, -0.05) is 13.8 Å². The van der Waals surface area contributed by atoms with Crippen molar-refractivity contribution in [3.63, 3.8) is 0 Å². The van der Waals surface area contributed by atoms with Crippen molar-refractivity contribution >= 4 is 11.8 Å². The predicted octanol–water partition coefficient (Wildman–Crippen LogP) is 3.91. The summed E-state index contributed by atoms with van der Waals surface area (Å²) in [6.45, 7) is 6.61. The van der Waals surface area contributed by atoms with Gasteiger partial charge < -0.3 is 5.11 Å². The minimum atomic E-state index is 0.385. The van der Waals surface area contributed by atoms with Crippen molar-refractivity contribution in [3.05, 3.63) is 23.3 Å². The molecule has 1 N–H and O–H groups in total. The fourth-order valence-corrected chi connectivity index (χ4v) is 3.47. The van der Waals surface area contributed by atoms with Gasteiger partial charge in [-0.05, 0) is 49.4 Å². The summed E-state index contributed by atoms with van der Waals surface area (Å²) < 4.78 is 0.385. The lowest BCUT2D eigenvalue weighted by Gasteiger charge is -2.34. The summed E-state index contributed by atoms with van der Waals surface area (Å²) >= 11 is 1.97. The first-order valence-electron chi connectivity index (χ1n) is 5.56. The van der Waals surface area contributed by atoms with Gasteiger partial charge in [-0.2, -0.15) is 0 Å². The van der Waals surface area contributed by atoms with E-state index in [0.717, 1.165) is 12.0 Å². The summed E-state index contributed by atoms with van der Waals surface area (Å²) in [5.41, 5.74) is 2.42. The average Bonchev–Trinajstić information content (AvgIpc) is 2.24. The van der Waals surface area contributed by atoms with Gasteiger partial charge in [0, 0.05) is 9.64 Å². The van der Waals surface area contributed by atoms with Crippen LogP contribution in [0, 0.1) is 6.92 Å². The molecule has 1 aliphatic heterocycles. The number of aromatic hydroxyl groups is 1. The van der Waals surface area contributed by atoms with Gasteiger partial charge in [0.25, 0.3) is 0 Å². The molecule has 1 heterocycles. The quantitative estimate of drug-likeness (QED) is 0.777. The first kappa shape index (κ1) is 10.9. The molecule has 0 saturated carbocycles. The number of phenols is 1. The van der Waals surface area contributed by atoms with Gasteiger partial charge in [0.05, 0.1) is 0 Å². The van der Waals surface area contributed by atoms with E-state index in [-0.39, 0.29) is 0 Å². The van der Waals surface area contributed by atoms with Gasteiger partial charge in [-0.25, -0.2) is 0 Å². The summed E-state index contributed by atoms with van der Waals surface area (Å²) in [5.74, 6) is 0.439. The van der Waals surface area contributed by atoms with E-state index in [2.05, 4.69) is 19.9 Å². The lowest BCUT2D eigenvalue weighted by Crippen LogP contribution is -2.23. The number of thioether (sulfide) groups is 1. The second-order valence-corrected chi connectivity index (χ2v) is 6.22. The van der Waals surface area contributed by atoms with E-state index in [9.17, 15) is 5.11 Å². The molecule has 0 aromatic heterocycles. The molecule has 0 radical (unpaired) electrons. The van der Waals surface area contributed by atoms with Crippen LogP contribution in [0.2, 0.25) is 0 Å². The van der Waals surface area contributed by atoms with Gasteiger partial charge in [-0.15, -0.1) is 11.8 Å². The molecule has 1 nitrogen and oxygen atoms in total. The standard InChI is InChI=1S/C13H18OS/c1-4-13(3)8-7-10-9(2)11(14)5-6-12(10)15-13/h5-6,14H,4,7-8H2,1-3H3. The lowest BCUT2D eigenvalue weighted by atomic mass is 9.94. The molecule has 82 valence electrons. The predicted molar refractivity (Wildman–Crippen MR) is 65.7 cm³/mol. The Morgan fingerprint density at radius 3 is 2.87 bits per heavy atom.